The fourth-order valence-corrected chi connectivity index (χ4v) is 0.929. The Morgan fingerprint density at radius 3 is 1.71 bits per heavy atom. The van der Waals surface area contributed by atoms with Crippen molar-refractivity contribution in [3.8, 4) is 0 Å². The lowest BCUT2D eigenvalue weighted by Gasteiger charge is -2.27. The summed E-state index contributed by atoms with van der Waals surface area (Å²) in [4.78, 5) is 0. The highest BCUT2D eigenvalue weighted by Gasteiger charge is 2.22. The van der Waals surface area contributed by atoms with Crippen molar-refractivity contribution in [2.75, 3.05) is 41.0 Å². The molecule has 1 radical (unpaired) electrons. The predicted molar refractivity (Wildman–Crippen MR) is 53.7 cm³/mol. The number of ether oxygens (including phenoxy) is 4. The van der Waals surface area contributed by atoms with Crippen LogP contribution < -0.4 is 0 Å². The van der Waals surface area contributed by atoms with Crippen LogP contribution in [0.15, 0.2) is 0 Å². The molecule has 0 N–H and O–H groups in total. The molecule has 0 aliphatic carbocycles. The smallest absolute Gasteiger partial charge is 0.146 e. The van der Waals surface area contributed by atoms with Crippen molar-refractivity contribution < 1.29 is 18.9 Å². The zero-order valence-electron chi connectivity index (χ0n) is 9.38. The number of rotatable bonds is 9. The molecule has 0 saturated heterocycles. The van der Waals surface area contributed by atoms with Crippen LogP contribution in [0.25, 0.3) is 0 Å². The summed E-state index contributed by atoms with van der Waals surface area (Å²) in [7, 11) is 3.19. The van der Waals surface area contributed by atoms with Crippen LogP contribution in [-0.2, 0) is 18.9 Å². The lowest BCUT2D eigenvalue weighted by atomic mass is 9.90. The maximum atomic E-state index is 5.26. The summed E-state index contributed by atoms with van der Waals surface area (Å²) in [6, 6.07) is 0. The predicted octanol–water partition coefficient (Wildman–Crippen LogP) is 1.46. The Balaban J connectivity index is 3.67. The second kappa shape index (κ2) is 8.17. The van der Waals surface area contributed by atoms with Gasteiger partial charge in [0.15, 0.2) is 0 Å². The van der Waals surface area contributed by atoms with Crippen molar-refractivity contribution in [2.24, 2.45) is 5.41 Å². The van der Waals surface area contributed by atoms with E-state index >= 15 is 0 Å². The third kappa shape index (κ3) is 6.32. The molecule has 0 rings (SSSR count). The van der Waals surface area contributed by atoms with Gasteiger partial charge in [-0.15, -0.1) is 0 Å². The Bertz CT molecular complexity index is 117. The van der Waals surface area contributed by atoms with Crippen molar-refractivity contribution in [2.45, 2.75) is 13.3 Å². The van der Waals surface area contributed by atoms with Gasteiger partial charge < -0.3 is 18.9 Å². The van der Waals surface area contributed by atoms with E-state index in [1.54, 1.807) is 14.2 Å². The Hall–Kier alpha value is -0.160. The fraction of sp³-hybridized carbons (Fsp3) is 0.900. The minimum Gasteiger partial charge on any atom is -0.359 e. The van der Waals surface area contributed by atoms with E-state index in [1.165, 1.54) is 0 Å². The largest absolute Gasteiger partial charge is 0.359 e. The molecule has 0 heterocycles. The zero-order chi connectivity index (χ0) is 10.9. The van der Waals surface area contributed by atoms with Crippen LogP contribution >= 0.6 is 0 Å². The standard InChI is InChI=1S/C10H21O4/c1-5-10(2,6-13-8-11-3)7-14-9-12-4/h2,5-9H2,1,3-4H3. The lowest BCUT2D eigenvalue weighted by Crippen LogP contribution is -2.29. The van der Waals surface area contributed by atoms with Crippen molar-refractivity contribution in [3.05, 3.63) is 6.92 Å². The van der Waals surface area contributed by atoms with Gasteiger partial charge in [0.2, 0.25) is 0 Å². The van der Waals surface area contributed by atoms with Crippen LogP contribution in [0.3, 0.4) is 0 Å². The topological polar surface area (TPSA) is 36.9 Å². The van der Waals surface area contributed by atoms with E-state index in [0.29, 0.717) is 26.8 Å². The molecular formula is C10H21O4. The summed E-state index contributed by atoms with van der Waals surface area (Å²) in [6.07, 6.45) is 0.889. The zero-order valence-corrected chi connectivity index (χ0v) is 9.38. The minimum atomic E-state index is -0.211. The third-order valence-corrected chi connectivity index (χ3v) is 1.97. The summed E-state index contributed by atoms with van der Waals surface area (Å²) < 4.78 is 20.1. The Morgan fingerprint density at radius 1 is 1.00 bits per heavy atom. The van der Waals surface area contributed by atoms with Gasteiger partial charge >= 0.3 is 0 Å². The van der Waals surface area contributed by atoms with Crippen molar-refractivity contribution in [1.82, 2.24) is 0 Å². The summed E-state index contributed by atoms with van der Waals surface area (Å²) >= 11 is 0. The molecule has 4 heteroatoms. The van der Waals surface area contributed by atoms with Crippen LogP contribution in [0.4, 0.5) is 0 Å². The minimum absolute atomic E-state index is 0.211. The van der Waals surface area contributed by atoms with Crippen LogP contribution in [0.5, 0.6) is 0 Å². The van der Waals surface area contributed by atoms with Gasteiger partial charge in [0.25, 0.3) is 0 Å². The van der Waals surface area contributed by atoms with Crippen LogP contribution in [0, 0.1) is 12.3 Å². The molecule has 0 fully saturated rings. The van der Waals surface area contributed by atoms with Gasteiger partial charge in [-0.2, -0.15) is 0 Å². The molecule has 85 valence electrons. The molecular weight excluding hydrogens is 184 g/mol. The van der Waals surface area contributed by atoms with Crippen LogP contribution in [0.2, 0.25) is 0 Å². The summed E-state index contributed by atoms with van der Waals surface area (Å²) in [5.41, 5.74) is -0.211. The fourth-order valence-electron chi connectivity index (χ4n) is 0.929. The van der Waals surface area contributed by atoms with E-state index < -0.39 is 0 Å². The van der Waals surface area contributed by atoms with E-state index in [0.717, 1.165) is 6.42 Å². The summed E-state index contributed by atoms with van der Waals surface area (Å²) in [5, 5.41) is 0. The van der Waals surface area contributed by atoms with Crippen molar-refractivity contribution in [3.63, 3.8) is 0 Å². The van der Waals surface area contributed by atoms with E-state index in [-0.39, 0.29) is 5.41 Å². The molecule has 0 aliphatic rings. The normalized spacial score (nSPS) is 12.0. The van der Waals surface area contributed by atoms with Gasteiger partial charge in [0.1, 0.15) is 13.6 Å². The van der Waals surface area contributed by atoms with E-state index in [2.05, 4.69) is 13.8 Å². The second-order valence-corrected chi connectivity index (χ2v) is 3.36. The van der Waals surface area contributed by atoms with Gasteiger partial charge in [-0.1, -0.05) is 6.92 Å². The Kier molecular flexibility index (Phi) is 8.08. The quantitative estimate of drug-likeness (QED) is 0.422. The molecule has 0 saturated carbocycles. The molecule has 0 unspecified atom stereocenters. The molecule has 0 aromatic carbocycles. The highest BCUT2D eigenvalue weighted by Crippen LogP contribution is 2.21. The number of hydrogen-bond acceptors (Lipinski definition) is 4. The molecule has 0 amide bonds. The molecule has 0 aromatic heterocycles. The van der Waals surface area contributed by atoms with Gasteiger partial charge in [0, 0.05) is 19.6 Å². The SMILES string of the molecule is [CH2]C(CC)(COCOC)COCOC. The molecule has 0 atom stereocenters. The van der Waals surface area contributed by atoms with Crippen molar-refractivity contribution in [1.29, 1.82) is 0 Å². The number of methoxy groups -OCH3 is 2. The van der Waals surface area contributed by atoms with Gasteiger partial charge in [-0.3, -0.25) is 0 Å². The first-order valence-electron chi connectivity index (χ1n) is 4.67. The van der Waals surface area contributed by atoms with E-state index in [9.17, 15) is 0 Å². The second-order valence-electron chi connectivity index (χ2n) is 3.36. The Labute approximate surface area is 86.5 Å². The first kappa shape index (κ1) is 13.8. The Morgan fingerprint density at radius 2 is 1.43 bits per heavy atom. The van der Waals surface area contributed by atoms with E-state index in [4.69, 9.17) is 18.9 Å². The van der Waals surface area contributed by atoms with Crippen LogP contribution in [-0.4, -0.2) is 41.0 Å². The van der Waals surface area contributed by atoms with Gasteiger partial charge in [-0.05, 0) is 13.3 Å². The lowest BCUT2D eigenvalue weighted by molar-refractivity contribution is -0.0978. The summed E-state index contributed by atoms with van der Waals surface area (Å²) in [5.74, 6) is 0. The average molecular weight is 205 g/mol. The molecule has 0 aromatic rings. The molecule has 14 heavy (non-hydrogen) atoms. The van der Waals surface area contributed by atoms with Crippen LogP contribution in [0.1, 0.15) is 13.3 Å². The monoisotopic (exact) mass is 205 g/mol. The maximum Gasteiger partial charge on any atom is 0.146 e. The third-order valence-electron chi connectivity index (χ3n) is 1.97. The molecule has 0 spiro atoms. The first-order chi connectivity index (χ1) is 6.68. The molecule has 0 bridgehead atoms. The van der Waals surface area contributed by atoms with E-state index in [1.807, 2.05) is 0 Å². The summed E-state index contributed by atoms with van der Waals surface area (Å²) in [6.45, 7) is 7.77. The average Bonchev–Trinajstić information content (AvgIpc) is 2.19. The van der Waals surface area contributed by atoms with Crippen molar-refractivity contribution >= 4 is 0 Å². The molecule has 4 nitrogen and oxygen atoms in total. The number of hydrogen-bond donors (Lipinski definition) is 0. The van der Waals surface area contributed by atoms with Gasteiger partial charge in [-0.25, -0.2) is 0 Å². The van der Waals surface area contributed by atoms with Gasteiger partial charge in [0.05, 0.1) is 13.2 Å². The first-order valence-corrected chi connectivity index (χ1v) is 4.67. The molecule has 0 aliphatic heterocycles. The highest BCUT2D eigenvalue weighted by molar-refractivity contribution is 4.79. The maximum absolute atomic E-state index is 5.26. The highest BCUT2D eigenvalue weighted by atomic mass is 16.7.